The molecule has 0 saturated carbocycles. The molecular formula is C28H37NO11. The number of carbonyl (C=O) groups excluding carboxylic acids is 1. The Morgan fingerprint density at radius 3 is 1.95 bits per heavy atom. The SMILES string of the molecule is O=C(CO[C@@H]1C[C@@H](OCc2ccccc2)O[C@H](CO)[C@H]1O)N[C@@H]1[C@@H](OCc2ccccc2)O[C@H](CO)[C@@H](O)[C@@H]1O. The predicted octanol–water partition coefficient (Wildman–Crippen LogP) is -0.803. The fourth-order valence-electron chi connectivity index (χ4n) is 4.63. The molecule has 1 amide bonds. The Kier molecular flexibility index (Phi) is 11.4. The van der Waals surface area contributed by atoms with Crippen LogP contribution in [-0.4, -0.2) is 107 Å². The van der Waals surface area contributed by atoms with Gasteiger partial charge in [0.15, 0.2) is 12.6 Å². The zero-order valence-electron chi connectivity index (χ0n) is 21.9. The van der Waals surface area contributed by atoms with Gasteiger partial charge in [0.05, 0.1) is 32.5 Å². The molecule has 2 aromatic carbocycles. The lowest BCUT2D eigenvalue weighted by Crippen LogP contribution is -2.65. The third-order valence-electron chi connectivity index (χ3n) is 6.87. The summed E-state index contributed by atoms with van der Waals surface area (Å²) in [5.74, 6) is -0.670. The number of amides is 1. The molecular weight excluding hydrogens is 526 g/mol. The van der Waals surface area contributed by atoms with E-state index in [1.807, 2.05) is 60.7 Å². The molecule has 0 aliphatic carbocycles. The highest BCUT2D eigenvalue weighted by molar-refractivity contribution is 5.77. The molecule has 12 nitrogen and oxygen atoms in total. The summed E-state index contributed by atoms with van der Waals surface area (Å²) in [5, 5.41) is 53.4. The molecule has 2 heterocycles. The maximum Gasteiger partial charge on any atom is 0.246 e. The van der Waals surface area contributed by atoms with E-state index in [2.05, 4.69) is 5.32 Å². The Morgan fingerprint density at radius 2 is 1.35 bits per heavy atom. The second-order valence-corrected chi connectivity index (χ2v) is 9.76. The van der Waals surface area contributed by atoms with Crippen LogP contribution in [0.2, 0.25) is 0 Å². The minimum atomic E-state index is -1.50. The van der Waals surface area contributed by atoms with Crippen LogP contribution in [0.3, 0.4) is 0 Å². The van der Waals surface area contributed by atoms with Crippen molar-refractivity contribution < 1.29 is 54.0 Å². The second-order valence-electron chi connectivity index (χ2n) is 9.76. The molecule has 2 aliphatic rings. The number of aliphatic hydroxyl groups excluding tert-OH is 5. The van der Waals surface area contributed by atoms with Crippen LogP contribution in [0.15, 0.2) is 60.7 Å². The summed E-state index contributed by atoms with van der Waals surface area (Å²) in [5.41, 5.74) is 1.73. The molecule has 0 unspecified atom stereocenters. The molecule has 40 heavy (non-hydrogen) atoms. The highest BCUT2D eigenvalue weighted by Crippen LogP contribution is 2.26. The van der Waals surface area contributed by atoms with Crippen LogP contribution in [0.25, 0.3) is 0 Å². The summed E-state index contributed by atoms with van der Waals surface area (Å²) in [4.78, 5) is 12.8. The van der Waals surface area contributed by atoms with Crippen molar-refractivity contribution in [3.8, 4) is 0 Å². The molecule has 2 aromatic rings. The fraction of sp³-hybridized carbons (Fsp3) is 0.536. The van der Waals surface area contributed by atoms with Crippen LogP contribution in [0, 0.1) is 0 Å². The molecule has 2 aliphatic heterocycles. The van der Waals surface area contributed by atoms with E-state index >= 15 is 0 Å². The van der Waals surface area contributed by atoms with Gasteiger partial charge < -0.3 is 54.5 Å². The summed E-state index contributed by atoms with van der Waals surface area (Å²) >= 11 is 0. The van der Waals surface area contributed by atoms with Gasteiger partial charge >= 0.3 is 0 Å². The smallest absolute Gasteiger partial charge is 0.246 e. The lowest BCUT2D eigenvalue weighted by Gasteiger charge is -2.42. The standard InChI is InChI=1S/C28H37NO11/c30-12-20-25(33)19(11-23(39-20)37-14-17-7-3-1-4-8-17)36-16-22(32)29-24-27(35)26(34)21(13-31)40-28(24)38-15-18-9-5-2-6-10-18/h1-10,19-21,23-28,30-31,33-35H,11-16H2,(H,29,32)/t19-,20-,21-,23+,24+,25+,26-,27-,28+/m1/s1. The molecule has 0 spiro atoms. The lowest BCUT2D eigenvalue weighted by molar-refractivity contribution is -0.274. The van der Waals surface area contributed by atoms with Crippen LogP contribution in [-0.2, 0) is 41.7 Å². The summed E-state index contributed by atoms with van der Waals surface area (Å²) in [6, 6.07) is 17.4. The topological polar surface area (TPSA) is 176 Å². The van der Waals surface area contributed by atoms with Crippen LogP contribution in [0.5, 0.6) is 0 Å². The van der Waals surface area contributed by atoms with E-state index in [9.17, 15) is 30.3 Å². The number of ether oxygens (including phenoxy) is 5. The Bertz CT molecular complexity index is 1030. The van der Waals surface area contributed by atoms with Crippen molar-refractivity contribution in [2.24, 2.45) is 0 Å². The predicted molar refractivity (Wildman–Crippen MR) is 138 cm³/mol. The zero-order chi connectivity index (χ0) is 28.5. The largest absolute Gasteiger partial charge is 0.394 e. The van der Waals surface area contributed by atoms with Gasteiger partial charge in [0, 0.05) is 6.42 Å². The van der Waals surface area contributed by atoms with Crippen molar-refractivity contribution >= 4 is 5.91 Å². The van der Waals surface area contributed by atoms with E-state index in [4.69, 9.17) is 23.7 Å². The molecule has 0 aromatic heterocycles. The van der Waals surface area contributed by atoms with E-state index in [1.165, 1.54) is 0 Å². The summed E-state index contributed by atoms with van der Waals surface area (Å²) in [6.45, 7) is -1.22. The first-order valence-electron chi connectivity index (χ1n) is 13.2. The molecule has 6 N–H and O–H groups in total. The molecule has 2 saturated heterocycles. The van der Waals surface area contributed by atoms with Crippen molar-refractivity contribution in [1.82, 2.24) is 5.32 Å². The lowest BCUT2D eigenvalue weighted by atomic mass is 9.97. The van der Waals surface area contributed by atoms with Crippen molar-refractivity contribution in [3.63, 3.8) is 0 Å². The molecule has 9 atom stereocenters. The van der Waals surface area contributed by atoms with Gasteiger partial charge in [-0.2, -0.15) is 0 Å². The Labute approximate surface area is 232 Å². The van der Waals surface area contributed by atoms with Gasteiger partial charge in [0.2, 0.25) is 5.91 Å². The number of rotatable bonds is 12. The van der Waals surface area contributed by atoms with Crippen LogP contribution < -0.4 is 5.32 Å². The quantitative estimate of drug-likeness (QED) is 0.191. The number of nitrogens with one attached hydrogen (secondary N) is 1. The summed E-state index contributed by atoms with van der Waals surface area (Å²) < 4.78 is 28.5. The fourth-order valence-corrected chi connectivity index (χ4v) is 4.63. The van der Waals surface area contributed by atoms with Crippen molar-refractivity contribution in [3.05, 3.63) is 71.8 Å². The zero-order valence-corrected chi connectivity index (χ0v) is 21.9. The second kappa shape index (κ2) is 14.9. The number of benzene rings is 2. The number of hydrogen-bond donors (Lipinski definition) is 6. The summed E-state index contributed by atoms with van der Waals surface area (Å²) in [7, 11) is 0. The molecule has 4 rings (SSSR count). The van der Waals surface area contributed by atoms with Crippen molar-refractivity contribution in [1.29, 1.82) is 0 Å². The van der Waals surface area contributed by atoms with Gasteiger partial charge in [-0.05, 0) is 11.1 Å². The monoisotopic (exact) mass is 563 g/mol. The molecule has 220 valence electrons. The Balaban J connectivity index is 1.34. The van der Waals surface area contributed by atoms with Crippen LogP contribution in [0.4, 0.5) is 0 Å². The van der Waals surface area contributed by atoms with Gasteiger partial charge in [-0.3, -0.25) is 4.79 Å². The van der Waals surface area contributed by atoms with Gasteiger partial charge in [0.1, 0.15) is 43.2 Å². The van der Waals surface area contributed by atoms with Gasteiger partial charge in [-0.15, -0.1) is 0 Å². The van der Waals surface area contributed by atoms with Crippen molar-refractivity contribution in [2.75, 3.05) is 19.8 Å². The Hall–Kier alpha value is -2.49. The first kappa shape index (κ1) is 30.5. The molecule has 0 radical (unpaired) electrons. The van der Waals surface area contributed by atoms with Crippen LogP contribution in [0.1, 0.15) is 17.5 Å². The molecule has 12 heteroatoms. The maximum absolute atomic E-state index is 12.8. The van der Waals surface area contributed by atoms with E-state index in [0.29, 0.717) is 0 Å². The van der Waals surface area contributed by atoms with E-state index in [1.54, 1.807) is 0 Å². The maximum atomic E-state index is 12.8. The average molecular weight is 564 g/mol. The van der Waals surface area contributed by atoms with E-state index < -0.39 is 81.0 Å². The third-order valence-corrected chi connectivity index (χ3v) is 6.87. The first-order chi connectivity index (χ1) is 19.4. The highest BCUT2D eigenvalue weighted by Gasteiger charge is 2.46. The van der Waals surface area contributed by atoms with Gasteiger partial charge in [0.25, 0.3) is 0 Å². The number of aliphatic hydroxyl groups is 5. The van der Waals surface area contributed by atoms with E-state index in [-0.39, 0.29) is 19.6 Å². The molecule has 0 bridgehead atoms. The minimum Gasteiger partial charge on any atom is -0.394 e. The highest BCUT2D eigenvalue weighted by atomic mass is 16.7. The minimum absolute atomic E-state index is 0.0938. The normalized spacial score (nSPS) is 32.5. The number of carbonyl (C=O) groups is 1. The van der Waals surface area contributed by atoms with Gasteiger partial charge in [-0.25, -0.2) is 0 Å². The van der Waals surface area contributed by atoms with Gasteiger partial charge in [-0.1, -0.05) is 60.7 Å². The van der Waals surface area contributed by atoms with Crippen molar-refractivity contribution in [2.45, 2.75) is 74.9 Å². The number of hydrogen-bond acceptors (Lipinski definition) is 11. The third kappa shape index (κ3) is 8.04. The average Bonchev–Trinajstić information content (AvgIpc) is 2.99. The van der Waals surface area contributed by atoms with E-state index in [0.717, 1.165) is 11.1 Å². The Morgan fingerprint density at radius 1 is 0.775 bits per heavy atom. The first-order valence-corrected chi connectivity index (χ1v) is 13.2. The van der Waals surface area contributed by atoms with Crippen LogP contribution >= 0.6 is 0 Å². The molecule has 2 fully saturated rings. The summed E-state index contributed by atoms with van der Waals surface area (Å²) in [6.07, 6.45) is -9.03.